The van der Waals surface area contributed by atoms with Crippen molar-refractivity contribution in [2.75, 3.05) is 33.2 Å². The molecule has 3 rings (SSSR count). The van der Waals surface area contributed by atoms with Crippen LogP contribution in [0.2, 0.25) is 0 Å². The highest BCUT2D eigenvalue weighted by molar-refractivity contribution is 7.89. The van der Waals surface area contributed by atoms with Crippen LogP contribution in [0.15, 0.2) is 59.5 Å². The van der Waals surface area contributed by atoms with Gasteiger partial charge in [0.2, 0.25) is 15.9 Å². The van der Waals surface area contributed by atoms with Crippen molar-refractivity contribution in [2.24, 2.45) is 0 Å². The van der Waals surface area contributed by atoms with Gasteiger partial charge in [0.1, 0.15) is 0 Å². The van der Waals surface area contributed by atoms with Crippen molar-refractivity contribution in [1.29, 1.82) is 0 Å². The summed E-state index contributed by atoms with van der Waals surface area (Å²) < 4.78 is 27.0. The Morgan fingerprint density at radius 1 is 0.926 bits per heavy atom. The molecule has 1 heterocycles. The van der Waals surface area contributed by atoms with Crippen molar-refractivity contribution in [3.63, 3.8) is 0 Å². The van der Waals surface area contributed by atoms with Crippen LogP contribution < -0.4 is 5.32 Å². The molecule has 1 aliphatic rings. The third kappa shape index (κ3) is 5.15. The summed E-state index contributed by atoms with van der Waals surface area (Å²) in [7, 11) is -1.46. The van der Waals surface area contributed by atoms with Gasteiger partial charge in [0.25, 0.3) is 0 Å². The zero-order chi connectivity index (χ0) is 19.3. The Morgan fingerprint density at radius 3 is 2.19 bits per heavy atom. The first-order valence-electron chi connectivity index (χ1n) is 9.03. The predicted octanol–water partition coefficient (Wildman–Crippen LogP) is 1.48. The largest absolute Gasteiger partial charge is 0.352 e. The van der Waals surface area contributed by atoms with Gasteiger partial charge in [-0.15, -0.1) is 0 Å². The molecule has 0 unspecified atom stereocenters. The lowest BCUT2D eigenvalue weighted by molar-refractivity contribution is -0.120. The Kier molecular flexibility index (Phi) is 6.26. The highest BCUT2D eigenvalue weighted by Crippen LogP contribution is 2.18. The average molecular weight is 388 g/mol. The van der Waals surface area contributed by atoms with Crippen LogP contribution in [0, 0.1) is 0 Å². The second-order valence-electron chi connectivity index (χ2n) is 6.79. The lowest BCUT2D eigenvalue weighted by Crippen LogP contribution is -2.47. The summed E-state index contributed by atoms with van der Waals surface area (Å²) in [5.74, 6) is -0.0599. The molecule has 0 aliphatic carbocycles. The van der Waals surface area contributed by atoms with E-state index in [1.807, 2.05) is 37.4 Å². The smallest absolute Gasteiger partial charge is 0.243 e. The topological polar surface area (TPSA) is 69.7 Å². The number of carbonyl (C=O) groups is 1. The zero-order valence-corrected chi connectivity index (χ0v) is 16.3. The Hall–Kier alpha value is -2.22. The number of carbonyl (C=O) groups excluding carboxylic acids is 1. The molecule has 1 aliphatic heterocycles. The van der Waals surface area contributed by atoms with Gasteiger partial charge in [-0.2, -0.15) is 4.31 Å². The summed E-state index contributed by atoms with van der Waals surface area (Å²) in [6.45, 7) is 2.88. The van der Waals surface area contributed by atoms with E-state index in [-0.39, 0.29) is 5.91 Å². The number of sulfonamides is 1. The van der Waals surface area contributed by atoms with Crippen molar-refractivity contribution in [3.05, 3.63) is 65.7 Å². The first-order valence-corrected chi connectivity index (χ1v) is 10.5. The maximum atomic E-state index is 12.7. The molecule has 144 valence electrons. The molecule has 0 saturated carbocycles. The van der Waals surface area contributed by atoms with Crippen LogP contribution in [0.4, 0.5) is 0 Å². The molecule has 0 bridgehead atoms. The van der Waals surface area contributed by atoms with Gasteiger partial charge < -0.3 is 10.2 Å². The Morgan fingerprint density at radius 2 is 1.56 bits per heavy atom. The first kappa shape index (κ1) is 19.5. The van der Waals surface area contributed by atoms with E-state index in [9.17, 15) is 13.2 Å². The first-order chi connectivity index (χ1) is 12.9. The number of likely N-dealkylation sites (N-methyl/N-ethyl adjacent to an activating group) is 1. The Bertz CT molecular complexity index is 859. The molecule has 0 atom stereocenters. The number of benzene rings is 2. The molecular weight excluding hydrogens is 362 g/mol. The molecule has 0 radical (unpaired) electrons. The van der Waals surface area contributed by atoms with E-state index in [2.05, 4.69) is 10.2 Å². The SMILES string of the molecule is CN1CCN(S(=O)(=O)c2ccc(CNC(=O)Cc3ccccc3)cc2)CC1. The number of hydrogen-bond donors (Lipinski definition) is 1. The summed E-state index contributed by atoms with van der Waals surface area (Å²) in [6.07, 6.45) is 0.330. The second-order valence-corrected chi connectivity index (χ2v) is 8.73. The summed E-state index contributed by atoms with van der Waals surface area (Å²) in [5, 5.41) is 2.87. The van der Waals surface area contributed by atoms with Gasteiger partial charge in [-0.1, -0.05) is 42.5 Å². The van der Waals surface area contributed by atoms with Crippen LogP contribution in [-0.2, 0) is 27.8 Å². The third-order valence-electron chi connectivity index (χ3n) is 4.72. The summed E-state index contributed by atoms with van der Waals surface area (Å²) >= 11 is 0. The van der Waals surface area contributed by atoms with Gasteiger partial charge in [-0.05, 0) is 30.3 Å². The molecule has 27 heavy (non-hydrogen) atoms. The normalized spacial score (nSPS) is 16.2. The Labute approximate surface area is 160 Å². The molecular formula is C20H25N3O3S. The molecule has 2 aromatic carbocycles. The molecule has 0 aromatic heterocycles. The van der Waals surface area contributed by atoms with E-state index in [4.69, 9.17) is 0 Å². The van der Waals surface area contributed by atoms with Crippen LogP contribution in [0.3, 0.4) is 0 Å². The minimum atomic E-state index is -3.45. The van der Waals surface area contributed by atoms with Gasteiger partial charge >= 0.3 is 0 Å². The van der Waals surface area contributed by atoms with Crippen LogP contribution in [0.1, 0.15) is 11.1 Å². The van der Waals surface area contributed by atoms with Gasteiger partial charge in [0, 0.05) is 32.7 Å². The zero-order valence-electron chi connectivity index (χ0n) is 15.5. The van der Waals surface area contributed by atoms with E-state index in [1.165, 1.54) is 4.31 Å². The van der Waals surface area contributed by atoms with Gasteiger partial charge in [0.05, 0.1) is 11.3 Å². The minimum Gasteiger partial charge on any atom is -0.352 e. The maximum absolute atomic E-state index is 12.7. The summed E-state index contributed by atoms with van der Waals surface area (Å²) in [5.41, 5.74) is 1.83. The number of nitrogens with one attached hydrogen (secondary N) is 1. The van der Waals surface area contributed by atoms with Gasteiger partial charge in [-0.25, -0.2) is 8.42 Å². The molecule has 1 amide bonds. The monoisotopic (exact) mass is 387 g/mol. The molecule has 6 nitrogen and oxygen atoms in total. The fraction of sp³-hybridized carbons (Fsp3) is 0.350. The van der Waals surface area contributed by atoms with Crippen molar-refractivity contribution in [2.45, 2.75) is 17.9 Å². The van der Waals surface area contributed by atoms with Crippen LogP contribution in [0.5, 0.6) is 0 Å². The Balaban J connectivity index is 1.56. The van der Waals surface area contributed by atoms with E-state index in [0.29, 0.717) is 31.0 Å². The van der Waals surface area contributed by atoms with Crippen molar-refractivity contribution in [1.82, 2.24) is 14.5 Å². The minimum absolute atomic E-state index is 0.0599. The number of amides is 1. The van der Waals surface area contributed by atoms with E-state index >= 15 is 0 Å². The van der Waals surface area contributed by atoms with Crippen LogP contribution >= 0.6 is 0 Å². The number of piperazine rings is 1. The lowest BCUT2D eigenvalue weighted by Gasteiger charge is -2.31. The van der Waals surface area contributed by atoms with Crippen LogP contribution in [-0.4, -0.2) is 56.8 Å². The lowest BCUT2D eigenvalue weighted by atomic mass is 10.1. The molecule has 0 spiro atoms. The van der Waals surface area contributed by atoms with E-state index in [0.717, 1.165) is 24.2 Å². The fourth-order valence-electron chi connectivity index (χ4n) is 3.00. The van der Waals surface area contributed by atoms with Crippen molar-refractivity contribution >= 4 is 15.9 Å². The number of hydrogen-bond acceptors (Lipinski definition) is 4. The highest BCUT2D eigenvalue weighted by Gasteiger charge is 2.27. The standard InChI is InChI=1S/C20H25N3O3S/c1-22-11-13-23(14-12-22)27(25,26)19-9-7-18(8-10-19)16-21-20(24)15-17-5-3-2-4-6-17/h2-10H,11-16H2,1H3,(H,21,24). The second kappa shape index (κ2) is 8.65. The molecule has 1 N–H and O–H groups in total. The molecule has 2 aromatic rings. The average Bonchev–Trinajstić information content (AvgIpc) is 2.68. The van der Waals surface area contributed by atoms with Gasteiger partial charge in [0.15, 0.2) is 0 Å². The van der Waals surface area contributed by atoms with Crippen molar-refractivity contribution in [3.8, 4) is 0 Å². The highest BCUT2D eigenvalue weighted by atomic mass is 32.2. The van der Waals surface area contributed by atoms with Crippen LogP contribution in [0.25, 0.3) is 0 Å². The van der Waals surface area contributed by atoms with E-state index in [1.54, 1.807) is 24.3 Å². The summed E-state index contributed by atoms with van der Waals surface area (Å²) in [4.78, 5) is 14.4. The van der Waals surface area contributed by atoms with Crippen molar-refractivity contribution < 1.29 is 13.2 Å². The quantitative estimate of drug-likeness (QED) is 0.815. The third-order valence-corrected chi connectivity index (χ3v) is 6.63. The van der Waals surface area contributed by atoms with E-state index < -0.39 is 10.0 Å². The fourth-order valence-corrected chi connectivity index (χ4v) is 4.42. The molecule has 7 heteroatoms. The molecule has 1 fully saturated rings. The maximum Gasteiger partial charge on any atom is 0.243 e. The predicted molar refractivity (Wildman–Crippen MR) is 105 cm³/mol. The number of nitrogens with zero attached hydrogens (tertiary/aromatic N) is 2. The summed E-state index contributed by atoms with van der Waals surface area (Å²) in [6, 6.07) is 16.3. The number of rotatable bonds is 6. The van der Waals surface area contributed by atoms with Gasteiger partial charge in [-0.3, -0.25) is 4.79 Å². The molecule has 1 saturated heterocycles.